The van der Waals surface area contributed by atoms with Crippen LogP contribution in [0.3, 0.4) is 0 Å². The fourth-order valence-electron chi connectivity index (χ4n) is 4.25. The van der Waals surface area contributed by atoms with Crippen molar-refractivity contribution < 1.29 is 4.74 Å². The molecule has 0 aromatic heterocycles. The van der Waals surface area contributed by atoms with Crippen LogP contribution in [0, 0.1) is 5.92 Å². The first-order chi connectivity index (χ1) is 9.31. The number of nitrogens with zero attached hydrogens (tertiary/aromatic N) is 1. The molecule has 0 aromatic rings. The van der Waals surface area contributed by atoms with Gasteiger partial charge in [-0.25, -0.2) is 0 Å². The third kappa shape index (κ3) is 3.14. The summed E-state index contributed by atoms with van der Waals surface area (Å²) in [6, 6.07) is 0.758. The van der Waals surface area contributed by atoms with E-state index in [0.29, 0.717) is 5.54 Å². The molecule has 1 saturated carbocycles. The molecule has 3 nitrogen and oxygen atoms in total. The summed E-state index contributed by atoms with van der Waals surface area (Å²) in [7, 11) is 0. The van der Waals surface area contributed by atoms with Crippen LogP contribution in [0.2, 0.25) is 0 Å². The fourth-order valence-corrected chi connectivity index (χ4v) is 4.25. The Hall–Kier alpha value is -0.120. The molecule has 3 rings (SSSR count). The van der Waals surface area contributed by atoms with Crippen molar-refractivity contribution in [1.29, 1.82) is 0 Å². The Kier molecular flexibility index (Phi) is 4.45. The van der Waals surface area contributed by atoms with Crippen molar-refractivity contribution in [2.75, 3.05) is 32.8 Å². The highest BCUT2D eigenvalue weighted by Crippen LogP contribution is 2.34. The van der Waals surface area contributed by atoms with Crippen LogP contribution in [0.4, 0.5) is 0 Å². The van der Waals surface area contributed by atoms with Gasteiger partial charge in [-0.2, -0.15) is 0 Å². The zero-order chi connectivity index (χ0) is 13.1. The normalized spacial score (nSPS) is 35.2. The number of rotatable bonds is 4. The van der Waals surface area contributed by atoms with Crippen LogP contribution in [0.1, 0.15) is 51.9 Å². The third-order valence-electron chi connectivity index (χ3n) is 5.62. The van der Waals surface area contributed by atoms with Crippen LogP contribution in [0.15, 0.2) is 0 Å². The lowest BCUT2D eigenvalue weighted by Crippen LogP contribution is -2.63. The predicted molar refractivity (Wildman–Crippen MR) is 78.4 cm³/mol. The lowest BCUT2D eigenvalue weighted by Gasteiger charge is -2.46. The molecule has 0 radical (unpaired) electrons. The first kappa shape index (κ1) is 13.8. The van der Waals surface area contributed by atoms with Crippen LogP contribution in [-0.4, -0.2) is 49.3 Å². The summed E-state index contributed by atoms with van der Waals surface area (Å²) in [5, 5.41) is 3.89. The highest BCUT2D eigenvalue weighted by Gasteiger charge is 2.40. The number of piperazine rings is 1. The van der Waals surface area contributed by atoms with Crippen LogP contribution in [0.25, 0.3) is 0 Å². The van der Waals surface area contributed by atoms with E-state index in [0.717, 1.165) is 25.2 Å². The van der Waals surface area contributed by atoms with E-state index < -0.39 is 0 Å². The van der Waals surface area contributed by atoms with Gasteiger partial charge in [0.2, 0.25) is 0 Å². The van der Waals surface area contributed by atoms with Gasteiger partial charge < -0.3 is 10.1 Å². The van der Waals surface area contributed by atoms with E-state index in [9.17, 15) is 0 Å². The minimum Gasteiger partial charge on any atom is -0.381 e. The standard InChI is InChI=1S/C16H30N2O/c1-2-15-11-17-16(7-3-4-8-16)13-18(15)9-5-14-6-10-19-12-14/h14-15,17H,2-13H2,1H3. The van der Waals surface area contributed by atoms with Crippen molar-refractivity contribution >= 4 is 0 Å². The van der Waals surface area contributed by atoms with Gasteiger partial charge in [0.25, 0.3) is 0 Å². The Labute approximate surface area is 118 Å². The second-order valence-corrected chi connectivity index (χ2v) is 6.92. The van der Waals surface area contributed by atoms with Crippen molar-refractivity contribution in [2.45, 2.75) is 63.5 Å². The smallest absolute Gasteiger partial charge is 0.0495 e. The molecular formula is C16H30N2O. The molecule has 3 aliphatic rings. The van der Waals surface area contributed by atoms with Gasteiger partial charge in [-0.15, -0.1) is 0 Å². The maximum Gasteiger partial charge on any atom is 0.0495 e. The van der Waals surface area contributed by atoms with E-state index >= 15 is 0 Å². The summed E-state index contributed by atoms with van der Waals surface area (Å²) in [4.78, 5) is 2.79. The Morgan fingerprint density at radius 3 is 2.84 bits per heavy atom. The van der Waals surface area contributed by atoms with Crippen molar-refractivity contribution in [3.63, 3.8) is 0 Å². The summed E-state index contributed by atoms with van der Waals surface area (Å²) in [5.74, 6) is 0.826. The minimum atomic E-state index is 0.470. The zero-order valence-electron chi connectivity index (χ0n) is 12.5. The molecule has 3 fully saturated rings. The van der Waals surface area contributed by atoms with Gasteiger partial charge >= 0.3 is 0 Å². The van der Waals surface area contributed by atoms with Gasteiger partial charge in [0.05, 0.1) is 0 Å². The molecule has 2 aliphatic heterocycles. The lowest BCUT2D eigenvalue weighted by atomic mass is 9.91. The molecular weight excluding hydrogens is 236 g/mol. The summed E-state index contributed by atoms with van der Waals surface area (Å²) in [6.07, 6.45) is 9.55. The summed E-state index contributed by atoms with van der Waals surface area (Å²) in [6.45, 7) is 8.12. The molecule has 3 heteroatoms. The lowest BCUT2D eigenvalue weighted by molar-refractivity contribution is 0.0719. The van der Waals surface area contributed by atoms with Gasteiger partial charge in [0, 0.05) is 37.9 Å². The molecule has 110 valence electrons. The van der Waals surface area contributed by atoms with E-state index in [1.54, 1.807) is 0 Å². The average molecular weight is 266 g/mol. The second kappa shape index (κ2) is 6.11. The quantitative estimate of drug-likeness (QED) is 0.846. The minimum absolute atomic E-state index is 0.470. The van der Waals surface area contributed by atoms with Crippen LogP contribution in [-0.2, 0) is 4.74 Å². The summed E-state index contributed by atoms with van der Waals surface area (Å²) < 4.78 is 5.51. The number of hydrogen-bond acceptors (Lipinski definition) is 3. The second-order valence-electron chi connectivity index (χ2n) is 6.92. The van der Waals surface area contributed by atoms with E-state index in [1.807, 2.05) is 0 Å². The molecule has 1 spiro atoms. The number of hydrogen-bond donors (Lipinski definition) is 1. The van der Waals surface area contributed by atoms with Crippen LogP contribution < -0.4 is 5.32 Å². The molecule has 1 aliphatic carbocycles. The van der Waals surface area contributed by atoms with Crippen LogP contribution in [0.5, 0.6) is 0 Å². The topological polar surface area (TPSA) is 24.5 Å². The molecule has 0 amide bonds. The van der Waals surface area contributed by atoms with E-state index in [-0.39, 0.29) is 0 Å². The largest absolute Gasteiger partial charge is 0.381 e. The number of nitrogens with one attached hydrogen (secondary N) is 1. The Bertz CT molecular complexity index is 282. The molecule has 2 heterocycles. The Morgan fingerprint density at radius 1 is 1.32 bits per heavy atom. The molecule has 2 saturated heterocycles. The molecule has 1 N–H and O–H groups in total. The van der Waals surface area contributed by atoms with Crippen molar-refractivity contribution in [3.8, 4) is 0 Å². The first-order valence-corrected chi connectivity index (χ1v) is 8.38. The fraction of sp³-hybridized carbons (Fsp3) is 1.00. The van der Waals surface area contributed by atoms with Gasteiger partial charge in [-0.1, -0.05) is 19.8 Å². The SMILES string of the molecule is CCC1CNC2(CCCC2)CN1CCC1CCOC1. The molecule has 0 bridgehead atoms. The highest BCUT2D eigenvalue weighted by atomic mass is 16.5. The zero-order valence-corrected chi connectivity index (χ0v) is 12.5. The summed E-state index contributed by atoms with van der Waals surface area (Å²) in [5.41, 5.74) is 0.470. The van der Waals surface area contributed by atoms with E-state index in [4.69, 9.17) is 4.74 Å². The summed E-state index contributed by atoms with van der Waals surface area (Å²) >= 11 is 0. The van der Waals surface area contributed by atoms with Gasteiger partial charge in [-0.3, -0.25) is 4.90 Å². The predicted octanol–water partition coefficient (Wildman–Crippen LogP) is 2.41. The molecule has 2 atom stereocenters. The monoisotopic (exact) mass is 266 g/mol. The van der Waals surface area contributed by atoms with Crippen LogP contribution >= 0.6 is 0 Å². The van der Waals surface area contributed by atoms with Gasteiger partial charge in [-0.05, 0) is 44.6 Å². The highest BCUT2D eigenvalue weighted by molar-refractivity contribution is 5.00. The van der Waals surface area contributed by atoms with Gasteiger partial charge in [0.15, 0.2) is 0 Å². The maximum atomic E-state index is 5.51. The molecule has 19 heavy (non-hydrogen) atoms. The van der Waals surface area contributed by atoms with E-state index in [2.05, 4.69) is 17.1 Å². The average Bonchev–Trinajstić information content (AvgIpc) is 3.09. The third-order valence-corrected chi connectivity index (χ3v) is 5.62. The number of ether oxygens (including phenoxy) is 1. The Morgan fingerprint density at radius 2 is 2.16 bits per heavy atom. The first-order valence-electron chi connectivity index (χ1n) is 8.38. The molecule has 2 unspecified atom stereocenters. The van der Waals surface area contributed by atoms with Gasteiger partial charge in [0.1, 0.15) is 0 Å². The van der Waals surface area contributed by atoms with Crippen molar-refractivity contribution in [2.24, 2.45) is 5.92 Å². The van der Waals surface area contributed by atoms with Crippen molar-refractivity contribution in [3.05, 3.63) is 0 Å². The van der Waals surface area contributed by atoms with E-state index in [1.165, 1.54) is 64.6 Å². The Balaban J connectivity index is 1.55. The molecule has 0 aromatic carbocycles. The maximum absolute atomic E-state index is 5.51. The van der Waals surface area contributed by atoms with Crippen molar-refractivity contribution in [1.82, 2.24) is 10.2 Å².